The zero-order chi connectivity index (χ0) is 12.5. The van der Waals surface area contributed by atoms with E-state index in [-0.39, 0.29) is 0 Å². The number of ether oxygens (including phenoxy) is 1. The quantitative estimate of drug-likeness (QED) is 0.810. The summed E-state index contributed by atoms with van der Waals surface area (Å²) in [5.41, 5.74) is -5.00. The molecule has 0 aliphatic carbocycles. The van der Waals surface area contributed by atoms with Gasteiger partial charge >= 0.3 is 6.18 Å². The lowest BCUT2D eigenvalue weighted by Gasteiger charge is -2.14. The Hall–Kier alpha value is -1.60. The van der Waals surface area contributed by atoms with Crippen molar-refractivity contribution in [3.05, 3.63) is 27.7 Å². The Bertz CT molecular complexity index is 437. The minimum absolute atomic E-state index is 0.666. The van der Waals surface area contributed by atoms with Crippen LogP contribution in [0.4, 0.5) is 22.0 Å². The van der Waals surface area contributed by atoms with Crippen LogP contribution in [-0.2, 0) is 6.18 Å². The number of pyridine rings is 1. The fraction of sp³-hybridized carbons (Fsp3) is 0.375. The molecule has 0 atom stereocenters. The van der Waals surface area contributed by atoms with Gasteiger partial charge in [0.25, 0.3) is 12.0 Å². The Morgan fingerprint density at radius 1 is 1.38 bits per heavy atom. The lowest BCUT2D eigenvalue weighted by Crippen LogP contribution is -2.24. The van der Waals surface area contributed by atoms with Gasteiger partial charge in [-0.3, -0.25) is 4.79 Å². The van der Waals surface area contributed by atoms with Crippen LogP contribution in [0, 0.1) is 0 Å². The minimum atomic E-state index is -5.16. The summed E-state index contributed by atoms with van der Waals surface area (Å²) in [6.07, 6.45) is -7.94. The van der Waals surface area contributed by atoms with Crippen molar-refractivity contribution < 1.29 is 26.7 Å². The Balaban J connectivity index is 3.62. The third-order valence-corrected chi connectivity index (χ3v) is 1.82. The summed E-state index contributed by atoms with van der Waals surface area (Å²) < 4.78 is 66.4. The molecule has 0 amide bonds. The van der Waals surface area contributed by atoms with Gasteiger partial charge in [-0.15, -0.1) is 0 Å². The Morgan fingerprint density at radius 2 is 1.94 bits per heavy atom. The van der Waals surface area contributed by atoms with E-state index in [0.717, 1.165) is 7.11 Å². The Labute approximate surface area is 85.8 Å². The molecule has 3 nitrogen and oxygen atoms in total. The van der Waals surface area contributed by atoms with Crippen LogP contribution in [0.3, 0.4) is 0 Å². The molecule has 16 heavy (non-hydrogen) atoms. The number of H-pyrrole nitrogens is 1. The molecular formula is C8H6F5NO2. The normalized spacial score (nSPS) is 11.9. The highest BCUT2D eigenvalue weighted by atomic mass is 19.4. The molecule has 8 heteroatoms. The van der Waals surface area contributed by atoms with E-state index in [0.29, 0.717) is 6.20 Å². The van der Waals surface area contributed by atoms with E-state index in [1.165, 1.54) is 0 Å². The summed E-state index contributed by atoms with van der Waals surface area (Å²) in [7, 11) is 0.930. The molecule has 0 aliphatic heterocycles. The molecule has 1 N–H and O–H groups in total. The third-order valence-electron chi connectivity index (χ3n) is 1.82. The highest BCUT2D eigenvalue weighted by molar-refractivity contribution is 5.39. The smallest absolute Gasteiger partial charge is 0.422 e. The SMILES string of the molecule is COc1c[nH]c(=O)c(C(F)(F)F)c1C(F)F. The van der Waals surface area contributed by atoms with Crippen molar-refractivity contribution in [1.82, 2.24) is 4.98 Å². The van der Waals surface area contributed by atoms with Crippen molar-refractivity contribution in [2.45, 2.75) is 12.6 Å². The van der Waals surface area contributed by atoms with Crippen LogP contribution in [0.15, 0.2) is 11.0 Å². The predicted molar refractivity (Wildman–Crippen MR) is 43.6 cm³/mol. The average molecular weight is 243 g/mol. The van der Waals surface area contributed by atoms with Crippen molar-refractivity contribution in [1.29, 1.82) is 0 Å². The van der Waals surface area contributed by atoms with Gasteiger partial charge in [-0.1, -0.05) is 0 Å². The standard InChI is InChI=1S/C8H6F5NO2/c1-16-3-2-14-7(15)5(8(11,12)13)4(3)6(9)10/h2,6H,1H3,(H,14,15). The van der Waals surface area contributed by atoms with Crippen molar-refractivity contribution in [2.24, 2.45) is 0 Å². The predicted octanol–water partition coefficient (Wildman–Crippen LogP) is 2.34. The van der Waals surface area contributed by atoms with Crippen LogP contribution in [0.5, 0.6) is 5.75 Å². The number of alkyl halides is 5. The molecular weight excluding hydrogens is 237 g/mol. The zero-order valence-electron chi connectivity index (χ0n) is 7.86. The Kier molecular flexibility index (Phi) is 3.20. The highest BCUT2D eigenvalue weighted by Crippen LogP contribution is 2.38. The van der Waals surface area contributed by atoms with Gasteiger partial charge in [0.15, 0.2) is 0 Å². The monoisotopic (exact) mass is 243 g/mol. The maximum Gasteiger partial charge on any atom is 0.422 e. The fourth-order valence-electron chi connectivity index (χ4n) is 1.19. The lowest BCUT2D eigenvalue weighted by molar-refractivity contribution is -0.140. The summed E-state index contributed by atoms with van der Waals surface area (Å²) in [6.45, 7) is 0. The second-order valence-corrected chi connectivity index (χ2v) is 2.77. The summed E-state index contributed by atoms with van der Waals surface area (Å²) in [5, 5.41) is 0. The molecule has 0 saturated heterocycles. The van der Waals surface area contributed by atoms with Gasteiger partial charge in [-0.25, -0.2) is 8.78 Å². The highest BCUT2D eigenvalue weighted by Gasteiger charge is 2.40. The first kappa shape index (κ1) is 12.5. The molecule has 1 aromatic rings. The molecule has 1 rings (SSSR count). The van der Waals surface area contributed by atoms with Crippen molar-refractivity contribution in [3.8, 4) is 5.75 Å². The first-order chi connectivity index (χ1) is 7.29. The third kappa shape index (κ3) is 2.15. The van der Waals surface area contributed by atoms with Gasteiger partial charge in [0.05, 0.1) is 12.7 Å². The van der Waals surface area contributed by atoms with E-state index in [1.807, 2.05) is 0 Å². The minimum Gasteiger partial charge on any atom is -0.495 e. The molecule has 0 aromatic carbocycles. The van der Waals surface area contributed by atoms with Gasteiger partial charge in [-0.2, -0.15) is 13.2 Å². The molecule has 0 aliphatic rings. The van der Waals surface area contributed by atoms with E-state index < -0.39 is 35.0 Å². The number of methoxy groups -OCH3 is 1. The van der Waals surface area contributed by atoms with Gasteiger partial charge in [0.1, 0.15) is 11.3 Å². The molecule has 0 unspecified atom stereocenters. The second-order valence-electron chi connectivity index (χ2n) is 2.77. The van der Waals surface area contributed by atoms with Crippen LogP contribution < -0.4 is 10.3 Å². The Morgan fingerprint density at radius 3 is 2.31 bits per heavy atom. The van der Waals surface area contributed by atoms with Crippen LogP contribution in [0.25, 0.3) is 0 Å². The van der Waals surface area contributed by atoms with Crippen LogP contribution in [0.1, 0.15) is 17.6 Å². The summed E-state index contributed by atoms with van der Waals surface area (Å²) >= 11 is 0. The van der Waals surface area contributed by atoms with Gasteiger partial charge < -0.3 is 9.72 Å². The molecule has 0 saturated carbocycles. The van der Waals surface area contributed by atoms with Crippen LogP contribution >= 0.6 is 0 Å². The van der Waals surface area contributed by atoms with Gasteiger partial charge in [0, 0.05) is 6.20 Å². The summed E-state index contributed by atoms with van der Waals surface area (Å²) in [5.74, 6) is -0.707. The second kappa shape index (κ2) is 4.11. The summed E-state index contributed by atoms with van der Waals surface area (Å²) in [6, 6.07) is 0. The van der Waals surface area contributed by atoms with Crippen LogP contribution in [-0.4, -0.2) is 12.1 Å². The fourth-order valence-corrected chi connectivity index (χ4v) is 1.19. The molecule has 0 bridgehead atoms. The van der Waals surface area contributed by atoms with Gasteiger partial charge in [-0.05, 0) is 0 Å². The largest absolute Gasteiger partial charge is 0.495 e. The van der Waals surface area contributed by atoms with Crippen molar-refractivity contribution in [2.75, 3.05) is 7.11 Å². The molecule has 0 fully saturated rings. The molecule has 1 aromatic heterocycles. The number of hydrogen-bond donors (Lipinski definition) is 1. The zero-order valence-corrected chi connectivity index (χ0v) is 7.86. The maximum atomic E-state index is 12.5. The molecule has 1 heterocycles. The lowest BCUT2D eigenvalue weighted by atomic mass is 10.1. The first-order valence-electron chi connectivity index (χ1n) is 3.94. The number of hydrogen-bond acceptors (Lipinski definition) is 2. The van der Waals surface area contributed by atoms with E-state index in [9.17, 15) is 26.7 Å². The number of nitrogens with one attached hydrogen (secondary N) is 1. The maximum absolute atomic E-state index is 12.5. The summed E-state index contributed by atoms with van der Waals surface area (Å²) in [4.78, 5) is 12.6. The van der Waals surface area contributed by atoms with Gasteiger partial charge in [0.2, 0.25) is 0 Å². The number of aromatic nitrogens is 1. The van der Waals surface area contributed by atoms with E-state index in [1.54, 1.807) is 4.98 Å². The number of halogens is 5. The van der Waals surface area contributed by atoms with Crippen LogP contribution in [0.2, 0.25) is 0 Å². The van der Waals surface area contributed by atoms with E-state index in [2.05, 4.69) is 4.74 Å². The topological polar surface area (TPSA) is 42.1 Å². The number of aromatic amines is 1. The average Bonchev–Trinajstić information content (AvgIpc) is 2.15. The molecule has 0 spiro atoms. The number of rotatable bonds is 2. The first-order valence-corrected chi connectivity index (χ1v) is 3.94. The van der Waals surface area contributed by atoms with Crippen molar-refractivity contribution >= 4 is 0 Å². The van der Waals surface area contributed by atoms with E-state index in [4.69, 9.17) is 0 Å². The molecule has 90 valence electrons. The van der Waals surface area contributed by atoms with E-state index >= 15 is 0 Å². The molecule has 0 radical (unpaired) electrons. The van der Waals surface area contributed by atoms with Crippen molar-refractivity contribution in [3.63, 3.8) is 0 Å².